The number of halogens is 1. The Hall–Kier alpha value is -0.0600. The van der Waals surface area contributed by atoms with Crippen molar-refractivity contribution in [3.05, 3.63) is 15.9 Å². The minimum absolute atomic E-state index is 0.875. The van der Waals surface area contributed by atoms with Gasteiger partial charge in [-0.15, -0.1) is 11.3 Å². The van der Waals surface area contributed by atoms with Crippen LogP contribution in [0.3, 0.4) is 0 Å². The van der Waals surface area contributed by atoms with E-state index in [9.17, 15) is 0 Å². The Kier molecular flexibility index (Phi) is 4.67. The standard InChI is InChI=1S/C12H19BrN2S/c1-15(12-5-4-11(13)16-12)8-6-10-3-2-7-14-9-10/h4-5,10,14H,2-3,6-9H2,1H3. The van der Waals surface area contributed by atoms with Crippen LogP contribution >= 0.6 is 27.3 Å². The predicted octanol–water partition coefficient (Wildman–Crippen LogP) is 3.34. The maximum Gasteiger partial charge on any atom is 0.0917 e. The molecule has 1 aromatic rings. The van der Waals surface area contributed by atoms with Gasteiger partial charge in [0.25, 0.3) is 0 Å². The molecule has 1 aromatic heterocycles. The molecule has 0 aromatic carbocycles. The highest BCUT2D eigenvalue weighted by Gasteiger charge is 2.13. The van der Waals surface area contributed by atoms with Crippen LogP contribution < -0.4 is 10.2 Å². The van der Waals surface area contributed by atoms with Gasteiger partial charge in [-0.25, -0.2) is 0 Å². The summed E-state index contributed by atoms with van der Waals surface area (Å²) in [7, 11) is 2.19. The van der Waals surface area contributed by atoms with Gasteiger partial charge in [-0.05, 0) is 66.3 Å². The van der Waals surface area contributed by atoms with Gasteiger partial charge in [0.1, 0.15) is 0 Å². The van der Waals surface area contributed by atoms with Gasteiger partial charge >= 0.3 is 0 Å². The number of piperidine rings is 1. The Balaban J connectivity index is 1.76. The highest BCUT2D eigenvalue weighted by Crippen LogP contribution is 2.29. The quantitative estimate of drug-likeness (QED) is 0.918. The van der Waals surface area contributed by atoms with Gasteiger partial charge in [0.15, 0.2) is 0 Å². The maximum absolute atomic E-state index is 3.51. The van der Waals surface area contributed by atoms with Crippen molar-refractivity contribution >= 4 is 32.3 Å². The van der Waals surface area contributed by atoms with E-state index in [0.29, 0.717) is 0 Å². The average Bonchev–Trinajstić information content (AvgIpc) is 2.74. The van der Waals surface area contributed by atoms with Crippen LogP contribution in [0.1, 0.15) is 19.3 Å². The van der Waals surface area contributed by atoms with Crippen LogP contribution in [-0.2, 0) is 0 Å². The van der Waals surface area contributed by atoms with E-state index in [4.69, 9.17) is 0 Å². The molecular weight excluding hydrogens is 284 g/mol. The molecule has 0 amide bonds. The van der Waals surface area contributed by atoms with Gasteiger partial charge in [0, 0.05) is 13.6 Å². The van der Waals surface area contributed by atoms with Crippen molar-refractivity contribution in [3.8, 4) is 0 Å². The summed E-state index contributed by atoms with van der Waals surface area (Å²) in [5.74, 6) is 0.875. The Morgan fingerprint density at radius 2 is 2.44 bits per heavy atom. The number of nitrogens with one attached hydrogen (secondary N) is 1. The Bertz CT molecular complexity index is 321. The fraction of sp³-hybridized carbons (Fsp3) is 0.667. The molecule has 1 aliphatic rings. The topological polar surface area (TPSA) is 15.3 Å². The van der Waals surface area contributed by atoms with E-state index >= 15 is 0 Å². The third-order valence-electron chi connectivity index (χ3n) is 3.21. The van der Waals surface area contributed by atoms with Gasteiger partial charge in [-0.1, -0.05) is 0 Å². The molecule has 1 aliphatic heterocycles. The average molecular weight is 303 g/mol. The second-order valence-electron chi connectivity index (χ2n) is 4.50. The lowest BCUT2D eigenvalue weighted by atomic mass is 9.96. The molecule has 1 fully saturated rings. The van der Waals surface area contributed by atoms with Gasteiger partial charge in [0.2, 0.25) is 0 Å². The highest BCUT2D eigenvalue weighted by molar-refractivity contribution is 9.11. The van der Waals surface area contributed by atoms with Crippen LogP contribution in [-0.4, -0.2) is 26.7 Å². The first-order valence-electron chi connectivity index (χ1n) is 5.93. The minimum Gasteiger partial charge on any atom is -0.366 e. The molecule has 1 atom stereocenters. The Labute approximate surface area is 110 Å². The van der Waals surface area contributed by atoms with E-state index in [1.165, 1.54) is 47.7 Å². The molecule has 2 rings (SSSR count). The maximum atomic E-state index is 3.51. The molecule has 2 nitrogen and oxygen atoms in total. The zero-order valence-electron chi connectivity index (χ0n) is 9.71. The summed E-state index contributed by atoms with van der Waals surface area (Å²) in [4.78, 5) is 2.37. The molecule has 0 saturated carbocycles. The number of hydrogen-bond donors (Lipinski definition) is 1. The molecule has 0 spiro atoms. The third-order valence-corrected chi connectivity index (χ3v) is 4.94. The molecule has 2 heterocycles. The molecule has 16 heavy (non-hydrogen) atoms. The largest absolute Gasteiger partial charge is 0.366 e. The molecular formula is C12H19BrN2S. The van der Waals surface area contributed by atoms with Crippen molar-refractivity contribution < 1.29 is 0 Å². The van der Waals surface area contributed by atoms with E-state index in [2.05, 4.69) is 45.3 Å². The smallest absolute Gasteiger partial charge is 0.0917 e. The monoisotopic (exact) mass is 302 g/mol. The summed E-state index contributed by atoms with van der Waals surface area (Å²) >= 11 is 5.32. The molecule has 0 bridgehead atoms. The zero-order valence-corrected chi connectivity index (χ0v) is 12.1. The van der Waals surface area contributed by atoms with Crippen molar-refractivity contribution in [3.63, 3.8) is 0 Å². The summed E-state index contributed by atoms with van der Waals surface area (Å²) in [5, 5.41) is 4.84. The lowest BCUT2D eigenvalue weighted by Crippen LogP contribution is -2.32. The number of nitrogens with zero attached hydrogens (tertiary/aromatic N) is 1. The van der Waals surface area contributed by atoms with Crippen molar-refractivity contribution in [2.45, 2.75) is 19.3 Å². The summed E-state index contributed by atoms with van der Waals surface area (Å²) in [6.45, 7) is 3.59. The van der Waals surface area contributed by atoms with Crippen molar-refractivity contribution in [2.24, 2.45) is 5.92 Å². The van der Waals surface area contributed by atoms with E-state index in [1.807, 2.05) is 11.3 Å². The normalized spacial score (nSPS) is 21.0. The van der Waals surface area contributed by atoms with Gasteiger partial charge < -0.3 is 10.2 Å². The van der Waals surface area contributed by atoms with Crippen LogP contribution in [0.15, 0.2) is 15.9 Å². The van der Waals surface area contributed by atoms with E-state index in [0.717, 1.165) is 5.92 Å². The van der Waals surface area contributed by atoms with Crippen molar-refractivity contribution in [2.75, 3.05) is 31.6 Å². The number of anilines is 1. The highest BCUT2D eigenvalue weighted by atomic mass is 79.9. The Morgan fingerprint density at radius 3 is 3.06 bits per heavy atom. The fourth-order valence-corrected chi connectivity index (χ4v) is 3.52. The summed E-state index contributed by atoms with van der Waals surface area (Å²) in [6.07, 6.45) is 4.05. The minimum atomic E-state index is 0.875. The molecule has 0 radical (unpaired) electrons. The second-order valence-corrected chi connectivity index (χ2v) is 6.94. The zero-order chi connectivity index (χ0) is 11.4. The fourth-order valence-electron chi connectivity index (χ4n) is 2.17. The van der Waals surface area contributed by atoms with Crippen LogP contribution in [0.5, 0.6) is 0 Å². The molecule has 1 N–H and O–H groups in total. The second kappa shape index (κ2) is 6.03. The van der Waals surface area contributed by atoms with Gasteiger partial charge in [-0.3, -0.25) is 0 Å². The van der Waals surface area contributed by atoms with Gasteiger partial charge in [-0.2, -0.15) is 0 Å². The van der Waals surface area contributed by atoms with Crippen molar-refractivity contribution in [1.29, 1.82) is 0 Å². The van der Waals surface area contributed by atoms with E-state index in [1.54, 1.807) is 0 Å². The number of hydrogen-bond acceptors (Lipinski definition) is 3. The SMILES string of the molecule is CN(CCC1CCCNC1)c1ccc(Br)s1. The van der Waals surface area contributed by atoms with Crippen LogP contribution in [0.2, 0.25) is 0 Å². The summed E-state index contributed by atoms with van der Waals surface area (Å²) in [5.41, 5.74) is 0. The molecule has 90 valence electrons. The molecule has 0 aliphatic carbocycles. The van der Waals surface area contributed by atoms with Crippen LogP contribution in [0.4, 0.5) is 5.00 Å². The first-order chi connectivity index (χ1) is 7.75. The molecule has 1 unspecified atom stereocenters. The first kappa shape index (κ1) is 12.4. The number of rotatable bonds is 4. The van der Waals surface area contributed by atoms with E-state index < -0.39 is 0 Å². The van der Waals surface area contributed by atoms with Crippen LogP contribution in [0.25, 0.3) is 0 Å². The predicted molar refractivity (Wildman–Crippen MR) is 75.5 cm³/mol. The van der Waals surface area contributed by atoms with E-state index in [-0.39, 0.29) is 0 Å². The first-order valence-corrected chi connectivity index (χ1v) is 7.54. The Morgan fingerprint density at radius 1 is 1.56 bits per heavy atom. The summed E-state index contributed by atoms with van der Waals surface area (Å²) in [6, 6.07) is 4.31. The molecule has 1 saturated heterocycles. The van der Waals surface area contributed by atoms with Crippen molar-refractivity contribution in [1.82, 2.24) is 5.32 Å². The summed E-state index contributed by atoms with van der Waals surface area (Å²) < 4.78 is 1.22. The number of thiophene rings is 1. The lowest BCUT2D eigenvalue weighted by molar-refractivity contribution is 0.360. The third kappa shape index (κ3) is 3.47. The van der Waals surface area contributed by atoms with Gasteiger partial charge in [0.05, 0.1) is 8.79 Å². The lowest BCUT2D eigenvalue weighted by Gasteiger charge is -2.25. The molecule has 4 heteroatoms. The van der Waals surface area contributed by atoms with Crippen LogP contribution in [0, 0.1) is 5.92 Å².